The zero-order valence-corrected chi connectivity index (χ0v) is 14.4. The number of benzene rings is 2. The van der Waals surface area contributed by atoms with Gasteiger partial charge >= 0.3 is 0 Å². The number of fused-ring (bicyclic) bond motifs is 4. The zero-order chi connectivity index (χ0) is 17.1. The summed E-state index contributed by atoms with van der Waals surface area (Å²) in [4.78, 5) is 15.0. The lowest BCUT2D eigenvalue weighted by Crippen LogP contribution is -2.33. The average Bonchev–Trinajstić information content (AvgIpc) is 3.29. The molecule has 0 spiro atoms. The highest BCUT2D eigenvalue weighted by molar-refractivity contribution is 6.08. The first-order valence-corrected chi connectivity index (χ1v) is 9.09. The van der Waals surface area contributed by atoms with Gasteiger partial charge in [0.2, 0.25) is 0 Å². The van der Waals surface area contributed by atoms with Crippen molar-refractivity contribution in [1.29, 1.82) is 0 Å². The minimum atomic E-state index is 0.0133. The highest BCUT2D eigenvalue weighted by Gasteiger charge is 2.43. The summed E-state index contributed by atoms with van der Waals surface area (Å²) in [6, 6.07) is 12.5. The van der Waals surface area contributed by atoms with Gasteiger partial charge < -0.3 is 15.1 Å². The molecule has 0 radical (unpaired) electrons. The molecule has 2 fully saturated rings. The van der Waals surface area contributed by atoms with Crippen LogP contribution in [0.15, 0.2) is 40.8 Å². The topological polar surface area (TPSA) is 59.5 Å². The van der Waals surface area contributed by atoms with Gasteiger partial charge in [0, 0.05) is 35.5 Å². The van der Waals surface area contributed by atoms with Gasteiger partial charge in [0.15, 0.2) is 5.76 Å². The molecule has 1 saturated heterocycles. The van der Waals surface area contributed by atoms with E-state index in [0.717, 1.165) is 53.2 Å². The maximum atomic E-state index is 13.1. The molecule has 25 heavy (non-hydrogen) atoms. The molecule has 4 heteroatoms. The van der Waals surface area contributed by atoms with Crippen molar-refractivity contribution in [1.82, 2.24) is 4.90 Å². The number of likely N-dealkylation sites (tertiary alicyclic amines) is 1. The van der Waals surface area contributed by atoms with Gasteiger partial charge in [0.1, 0.15) is 5.58 Å². The molecule has 2 aliphatic rings. The van der Waals surface area contributed by atoms with Gasteiger partial charge in [0.05, 0.1) is 0 Å². The highest BCUT2D eigenvalue weighted by Crippen LogP contribution is 2.39. The monoisotopic (exact) mass is 334 g/mol. The second kappa shape index (κ2) is 5.33. The summed E-state index contributed by atoms with van der Waals surface area (Å²) in [6.07, 6.45) is 2.23. The fourth-order valence-electron chi connectivity index (χ4n) is 4.77. The molecular weight excluding hydrogens is 312 g/mol. The Hall–Kier alpha value is -2.33. The predicted molar refractivity (Wildman–Crippen MR) is 98.5 cm³/mol. The summed E-state index contributed by atoms with van der Waals surface area (Å²) in [6.45, 7) is 3.56. The highest BCUT2D eigenvalue weighted by atomic mass is 16.3. The Balaban J connectivity index is 1.55. The van der Waals surface area contributed by atoms with E-state index in [1.54, 1.807) is 0 Å². The van der Waals surface area contributed by atoms with E-state index < -0.39 is 0 Å². The Bertz CT molecular complexity index is 990. The maximum Gasteiger partial charge on any atom is 0.289 e. The fourth-order valence-corrected chi connectivity index (χ4v) is 4.77. The number of aryl methyl sites for hydroxylation is 1. The number of rotatable bonds is 1. The third kappa shape index (κ3) is 2.13. The second-order valence-electron chi connectivity index (χ2n) is 7.59. The molecule has 2 heterocycles. The van der Waals surface area contributed by atoms with E-state index in [2.05, 4.69) is 18.2 Å². The summed E-state index contributed by atoms with van der Waals surface area (Å²) in [5.74, 6) is 1.51. The molecule has 1 aliphatic carbocycles. The molecular formula is C21H22N2O2. The number of furan rings is 1. The van der Waals surface area contributed by atoms with Crippen LogP contribution in [0.1, 0.15) is 29.0 Å². The Labute approximate surface area is 146 Å². The van der Waals surface area contributed by atoms with Crippen LogP contribution in [0.25, 0.3) is 21.7 Å². The molecule has 2 N–H and O–H groups in total. The van der Waals surface area contributed by atoms with Crippen molar-refractivity contribution in [2.75, 3.05) is 13.1 Å². The van der Waals surface area contributed by atoms with E-state index in [4.69, 9.17) is 10.2 Å². The molecule has 1 aliphatic heterocycles. The van der Waals surface area contributed by atoms with Gasteiger partial charge in [-0.15, -0.1) is 0 Å². The molecule has 3 unspecified atom stereocenters. The molecule has 2 aromatic carbocycles. The first kappa shape index (κ1) is 15.0. The van der Waals surface area contributed by atoms with Crippen LogP contribution in [0.2, 0.25) is 0 Å². The third-order valence-electron chi connectivity index (χ3n) is 6.22. The molecule has 1 aromatic heterocycles. The van der Waals surface area contributed by atoms with Crippen molar-refractivity contribution in [3.8, 4) is 0 Å². The van der Waals surface area contributed by atoms with Crippen LogP contribution in [0.3, 0.4) is 0 Å². The summed E-state index contributed by atoms with van der Waals surface area (Å²) in [5.41, 5.74) is 7.96. The number of hydrogen-bond donors (Lipinski definition) is 1. The Morgan fingerprint density at radius 1 is 1.12 bits per heavy atom. The molecule has 5 rings (SSSR count). The van der Waals surface area contributed by atoms with Crippen LogP contribution in [-0.4, -0.2) is 29.9 Å². The van der Waals surface area contributed by atoms with E-state index in [1.807, 2.05) is 30.0 Å². The van der Waals surface area contributed by atoms with Crippen molar-refractivity contribution in [2.24, 2.45) is 17.6 Å². The van der Waals surface area contributed by atoms with Gasteiger partial charge in [-0.25, -0.2) is 0 Å². The number of carbonyl (C=O) groups is 1. The quantitative estimate of drug-likeness (QED) is 0.738. The Kier molecular flexibility index (Phi) is 3.19. The first-order chi connectivity index (χ1) is 12.1. The normalized spacial score (nSPS) is 25.8. The second-order valence-corrected chi connectivity index (χ2v) is 7.59. The van der Waals surface area contributed by atoms with Gasteiger partial charge in [-0.3, -0.25) is 4.79 Å². The van der Waals surface area contributed by atoms with E-state index in [-0.39, 0.29) is 11.9 Å². The summed E-state index contributed by atoms with van der Waals surface area (Å²) in [5, 5.41) is 3.21. The predicted octanol–water partition coefficient (Wildman–Crippen LogP) is 3.70. The summed E-state index contributed by atoms with van der Waals surface area (Å²) >= 11 is 0. The van der Waals surface area contributed by atoms with Crippen LogP contribution in [0.5, 0.6) is 0 Å². The number of carbonyl (C=O) groups excluding carboxylic acids is 1. The molecule has 3 atom stereocenters. The zero-order valence-electron chi connectivity index (χ0n) is 14.4. The molecule has 4 nitrogen and oxygen atoms in total. The number of nitrogens with two attached hydrogens (primary N) is 1. The summed E-state index contributed by atoms with van der Waals surface area (Å²) < 4.78 is 6.11. The standard InChI is InChI=1S/C21H22N2O2/c1-12-15-8-6-13-4-2-3-5-16(13)20(15)25-19(12)21(24)23-10-14-7-9-18(22)17(14)11-23/h2-6,8,14,17-18H,7,9-11,22H2,1H3. The SMILES string of the molecule is Cc1c(C(=O)N2CC3CCC(N)C3C2)oc2c1ccc1ccccc12. The molecule has 3 aromatic rings. The van der Waals surface area contributed by atoms with Crippen molar-refractivity contribution in [2.45, 2.75) is 25.8 Å². The van der Waals surface area contributed by atoms with Crippen LogP contribution < -0.4 is 5.73 Å². The van der Waals surface area contributed by atoms with Gasteiger partial charge in [-0.05, 0) is 37.0 Å². The minimum Gasteiger partial charge on any atom is -0.450 e. The fraction of sp³-hybridized carbons (Fsp3) is 0.381. The lowest BCUT2D eigenvalue weighted by molar-refractivity contribution is 0.0749. The average molecular weight is 334 g/mol. The minimum absolute atomic E-state index is 0.0133. The largest absolute Gasteiger partial charge is 0.450 e. The van der Waals surface area contributed by atoms with Crippen LogP contribution in [0, 0.1) is 18.8 Å². The number of hydrogen-bond acceptors (Lipinski definition) is 3. The van der Waals surface area contributed by atoms with E-state index >= 15 is 0 Å². The number of amides is 1. The van der Waals surface area contributed by atoms with Crippen molar-refractivity contribution >= 4 is 27.6 Å². The van der Waals surface area contributed by atoms with Crippen molar-refractivity contribution < 1.29 is 9.21 Å². The Morgan fingerprint density at radius 2 is 1.96 bits per heavy atom. The van der Waals surface area contributed by atoms with Crippen molar-refractivity contribution in [3.05, 3.63) is 47.7 Å². The third-order valence-corrected chi connectivity index (χ3v) is 6.22. The lowest BCUT2D eigenvalue weighted by atomic mass is 9.98. The number of nitrogens with zero attached hydrogens (tertiary/aromatic N) is 1. The molecule has 1 saturated carbocycles. The van der Waals surface area contributed by atoms with E-state index in [0.29, 0.717) is 17.6 Å². The molecule has 1 amide bonds. The van der Waals surface area contributed by atoms with Crippen LogP contribution >= 0.6 is 0 Å². The molecule has 128 valence electrons. The van der Waals surface area contributed by atoms with Gasteiger partial charge in [0.25, 0.3) is 5.91 Å². The summed E-state index contributed by atoms with van der Waals surface area (Å²) in [7, 11) is 0. The first-order valence-electron chi connectivity index (χ1n) is 9.09. The van der Waals surface area contributed by atoms with Gasteiger partial charge in [-0.2, -0.15) is 0 Å². The molecule has 0 bridgehead atoms. The lowest BCUT2D eigenvalue weighted by Gasteiger charge is -2.17. The van der Waals surface area contributed by atoms with Crippen molar-refractivity contribution in [3.63, 3.8) is 0 Å². The van der Waals surface area contributed by atoms with E-state index in [9.17, 15) is 4.79 Å². The van der Waals surface area contributed by atoms with Crippen LogP contribution in [-0.2, 0) is 0 Å². The van der Waals surface area contributed by atoms with Crippen LogP contribution in [0.4, 0.5) is 0 Å². The smallest absolute Gasteiger partial charge is 0.289 e. The Morgan fingerprint density at radius 3 is 2.80 bits per heavy atom. The maximum absolute atomic E-state index is 13.1. The van der Waals surface area contributed by atoms with Gasteiger partial charge in [-0.1, -0.05) is 36.4 Å². The van der Waals surface area contributed by atoms with E-state index in [1.165, 1.54) is 0 Å².